The van der Waals surface area contributed by atoms with E-state index < -0.39 is 11.9 Å². The molecule has 5 nitrogen and oxygen atoms in total. The number of rotatable bonds is 4. The molecule has 0 spiro atoms. The van der Waals surface area contributed by atoms with Crippen LogP contribution < -0.4 is 5.32 Å². The van der Waals surface area contributed by atoms with Crippen molar-refractivity contribution in [3.63, 3.8) is 0 Å². The zero-order chi connectivity index (χ0) is 12.4. The van der Waals surface area contributed by atoms with Crippen LogP contribution in [0.2, 0.25) is 0 Å². The second kappa shape index (κ2) is 5.04. The molecule has 2 aliphatic carbocycles. The van der Waals surface area contributed by atoms with Gasteiger partial charge in [0.2, 0.25) is 5.91 Å². The second-order valence-corrected chi connectivity index (χ2v) is 5.00. The molecule has 5 heteroatoms. The third kappa shape index (κ3) is 2.97. The minimum absolute atomic E-state index is 0.0849. The van der Waals surface area contributed by atoms with Gasteiger partial charge >= 0.3 is 5.97 Å². The Hall–Kier alpha value is -1.10. The summed E-state index contributed by atoms with van der Waals surface area (Å²) in [5.41, 5.74) is 0. The smallest absolute Gasteiger partial charge is 0.307 e. The first-order chi connectivity index (χ1) is 8.11. The van der Waals surface area contributed by atoms with Crippen molar-refractivity contribution in [3.05, 3.63) is 0 Å². The summed E-state index contributed by atoms with van der Waals surface area (Å²) in [5, 5.41) is 11.7. The Labute approximate surface area is 101 Å². The number of methoxy groups -OCH3 is 1. The topological polar surface area (TPSA) is 75.6 Å². The Morgan fingerprint density at radius 2 is 1.82 bits per heavy atom. The van der Waals surface area contributed by atoms with E-state index in [1.165, 1.54) is 0 Å². The summed E-state index contributed by atoms with van der Waals surface area (Å²) in [6, 6.07) is 0.198. The lowest BCUT2D eigenvalue weighted by molar-refractivity contribution is -0.140. The fourth-order valence-electron chi connectivity index (χ4n) is 2.51. The fourth-order valence-corrected chi connectivity index (χ4v) is 2.51. The van der Waals surface area contributed by atoms with E-state index in [2.05, 4.69) is 5.32 Å². The van der Waals surface area contributed by atoms with Crippen LogP contribution in [0.3, 0.4) is 0 Å². The normalized spacial score (nSPS) is 36.3. The predicted molar refractivity (Wildman–Crippen MR) is 60.4 cm³/mol. The lowest BCUT2D eigenvalue weighted by Crippen LogP contribution is -2.40. The molecular formula is C12H19NO4. The van der Waals surface area contributed by atoms with Gasteiger partial charge in [0.15, 0.2) is 0 Å². The van der Waals surface area contributed by atoms with Crippen LogP contribution in [-0.4, -0.2) is 36.2 Å². The van der Waals surface area contributed by atoms with E-state index in [1.54, 1.807) is 7.11 Å². The maximum atomic E-state index is 11.7. The Morgan fingerprint density at radius 3 is 2.29 bits per heavy atom. The summed E-state index contributed by atoms with van der Waals surface area (Å²) in [6.07, 6.45) is 4.59. The molecule has 96 valence electrons. The average molecular weight is 241 g/mol. The fraction of sp³-hybridized carbons (Fsp3) is 0.833. The quantitative estimate of drug-likeness (QED) is 0.762. The van der Waals surface area contributed by atoms with Crippen LogP contribution in [-0.2, 0) is 14.3 Å². The first-order valence-electron chi connectivity index (χ1n) is 6.17. The highest BCUT2D eigenvalue weighted by atomic mass is 16.5. The molecule has 2 fully saturated rings. The summed E-state index contributed by atoms with van der Waals surface area (Å²) < 4.78 is 5.26. The van der Waals surface area contributed by atoms with E-state index in [4.69, 9.17) is 9.84 Å². The van der Waals surface area contributed by atoms with E-state index in [0.717, 1.165) is 25.7 Å². The van der Waals surface area contributed by atoms with Crippen LogP contribution in [0.5, 0.6) is 0 Å². The molecule has 2 aliphatic rings. The van der Waals surface area contributed by atoms with Crippen molar-refractivity contribution in [1.29, 1.82) is 0 Å². The first-order valence-corrected chi connectivity index (χ1v) is 6.17. The number of amides is 1. The Bertz CT molecular complexity index is 310. The van der Waals surface area contributed by atoms with E-state index in [1.807, 2.05) is 0 Å². The molecule has 0 aromatic heterocycles. The number of aliphatic carboxylic acids is 1. The second-order valence-electron chi connectivity index (χ2n) is 5.00. The predicted octanol–water partition coefficient (Wildman–Crippen LogP) is 0.781. The number of carbonyl (C=O) groups is 2. The van der Waals surface area contributed by atoms with Gasteiger partial charge in [0.25, 0.3) is 0 Å². The molecule has 17 heavy (non-hydrogen) atoms. The highest BCUT2D eigenvalue weighted by Crippen LogP contribution is 2.39. The molecule has 2 unspecified atom stereocenters. The zero-order valence-corrected chi connectivity index (χ0v) is 10.0. The van der Waals surface area contributed by atoms with Crippen LogP contribution in [0.1, 0.15) is 32.1 Å². The van der Waals surface area contributed by atoms with Gasteiger partial charge in [-0.2, -0.15) is 0 Å². The molecule has 0 bridgehead atoms. The summed E-state index contributed by atoms with van der Waals surface area (Å²) in [7, 11) is 1.71. The van der Waals surface area contributed by atoms with E-state index in [0.29, 0.717) is 12.5 Å². The Morgan fingerprint density at radius 1 is 1.18 bits per heavy atom. The number of carboxylic acids is 1. The number of hydrogen-bond acceptors (Lipinski definition) is 3. The van der Waals surface area contributed by atoms with E-state index >= 15 is 0 Å². The van der Waals surface area contributed by atoms with Crippen molar-refractivity contribution < 1.29 is 19.4 Å². The number of hydrogen-bond donors (Lipinski definition) is 2. The maximum Gasteiger partial charge on any atom is 0.307 e. The number of nitrogens with one attached hydrogen (secondary N) is 1. The summed E-state index contributed by atoms with van der Waals surface area (Å²) in [5.74, 6) is -1.69. The van der Waals surface area contributed by atoms with Crippen molar-refractivity contribution in [1.82, 2.24) is 5.32 Å². The third-order valence-corrected chi connectivity index (χ3v) is 3.80. The molecule has 1 amide bonds. The van der Waals surface area contributed by atoms with E-state index in [9.17, 15) is 9.59 Å². The number of carboxylic acid groups (broad SMARTS) is 1. The van der Waals surface area contributed by atoms with Crippen molar-refractivity contribution in [3.8, 4) is 0 Å². The van der Waals surface area contributed by atoms with Gasteiger partial charge in [-0.1, -0.05) is 0 Å². The van der Waals surface area contributed by atoms with Crippen LogP contribution in [0, 0.1) is 11.8 Å². The molecule has 0 aliphatic heterocycles. The first kappa shape index (κ1) is 12.4. The Kier molecular flexibility index (Phi) is 3.66. The van der Waals surface area contributed by atoms with Gasteiger partial charge in [0.05, 0.1) is 17.9 Å². The van der Waals surface area contributed by atoms with Crippen molar-refractivity contribution in [2.24, 2.45) is 11.8 Å². The molecule has 0 aromatic carbocycles. The molecular weight excluding hydrogens is 222 g/mol. The lowest BCUT2D eigenvalue weighted by Gasteiger charge is -2.28. The highest BCUT2D eigenvalue weighted by Gasteiger charge is 2.48. The minimum Gasteiger partial charge on any atom is -0.481 e. The molecule has 2 saturated carbocycles. The zero-order valence-electron chi connectivity index (χ0n) is 10.0. The van der Waals surface area contributed by atoms with Crippen LogP contribution in [0.25, 0.3) is 0 Å². The third-order valence-electron chi connectivity index (χ3n) is 3.80. The van der Waals surface area contributed by atoms with Crippen LogP contribution >= 0.6 is 0 Å². The van der Waals surface area contributed by atoms with Crippen molar-refractivity contribution in [2.75, 3.05) is 7.11 Å². The van der Waals surface area contributed by atoms with Gasteiger partial charge in [0.1, 0.15) is 0 Å². The van der Waals surface area contributed by atoms with Gasteiger partial charge in [-0.3, -0.25) is 9.59 Å². The van der Waals surface area contributed by atoms with Crippen molar-refractivity contribution >= 4 is 11.9 Å². The van der Waals surface area contributed by atoms with E-state index in [-0.39, 0.29) is 17.9 Å². The van der Waals surface area contributed by atoms with Gasteiger partial charge in [-0.15, -0.1) is 0 Å². The summed E-state index contributed by atoms with van der Waals surface area (Å²) in [6.45, 7) is 0. The maximum absolute atomic E-state index is 11.7. The largest absolute Gasteiger partial charge is 0.481 e. The van der Waals surface area contributed by atoms with Gasteiger partial charge in [-0.25, -0.2) is 0 Å². The highest BCUT2D eigenvalue weighted by molar-refractivity contribution is 5.89. The average Bonchev–Trinajstić information content (AvgIpc) is 3.10. The van der Waals surface area contributed by atoms with Crippen molar-refractivity contribution in [2.45, 2.75) is 44.2 Å². The molecule has 0 aromatic rings. The number of ether oxygens (including phenoxy) is 1. The SMILES string of the molecule is COC1CCC(NC(=O)C2CC2C(=O)O)CC1. The number of carbonyl (C=O) groups excluding carboxylic acids is 1. The monoisotopic (exact) mass is 241 g/mol. The molecule has 0 radical (unpaired) electrons. The minimum atomic E-state index is -0.853. The molecule has 0 saturated heterocycles. The standard InChI is InChI=1S/C12H19NO4/c1-17-8-4-2-7(3-5-8)13-11(14)9-6-10(9)12(15)16/h7-10H,2-6H2,1H3,(H,13,14)(H,15,16). The summed E-state index contributed by atoms with van der Waals surface area (Å²) >= 11 is 0. The Balaban J connectivity index is 1.72. The molecule has 2 rings (SSSR count). The van der Waals surface area contributed by atoms with Crippen LogP contribution in [0.4, 0.5) is 0 Å². The van der Waals surface area contributed by atoms with Gasteiger partial charge in [0, 0.05) is 13.2 Å². The van der Waals surface area contributed by atoms with Gasteiger partial charge in [-0.05, 0) is 32.1 Å². The van der Waals surface area contributed by atoms with Gasteiger partial charge < -0.3 is 15.2 Å². The molecule has 0 heterocycles. The van der Waals surface area contributed by atoms with Crippen LogP contribution in [0.15, 0.2) is 0 Å². The molecule has 2 N–H and O–H groups in total. The summed E-state index contributed by atoms with van der Waals surface area (Å²) in [4.78, 5) is 22.4. The lowest BCUT2D eigenvalue weighted by atomic mass is 9.93. The molecule has 2 atom stereocenters.